The van der Waals surface area contributed by atoms with E-state index in [2.05, 4.69) is 26.1 Å². The number of amides is 2. The Morgan fingerprint density at radius 2 is 2.08 bits per heavy atom. The van der Waals surface area contributed by atoms with Gasteiger partial charge < -0.3 is 14.8 Å². The Hall–Kier alpha value is -2.01. The lowest BCUT2D eigenvalue weighted by atomic mass is 9.96. The van der Waals surface area contributed by atoms with Crippen molar-refractivity contribution in [3.63, 3.8) is 0 Å². The number of para-hydroxylation sites is 1. The second-order valence-corrected chi connectivity index (χ2v) is 8.38. The van der Waals surface area contributed by atoms with E-state index in [0.29, 0.717) is 30.2 Å². The Kier molecular flexibility index (Phi) is 4.54. The van der Waals surface area contributed by atoms with Gasteiger partial charge in [-0.3, -0.25) is 9.59 Å². The average molecular weight is 362 g/mol. The molecule has 3 rings (SSSR count). The van der Waals surface area contributed by atoms with E-state index in [9.17, 15) is 9.59 Å². The van der Waals surface area contributed by atoms with Crippen molar-refractivity contribution in [1.82, 2.24) is 14.8 Å². The molecule has 0 bridgehead atoms. The number of hydrogen-bond donors (Lipinski definition) is 1. The van der Waals surface area contributed by atoms with Crippen molar-refractivity contribution in [2.45, 2.75) is 33.2 Å². The van der Waals surface area contributed by atoms with Crippen LogP contribution in [0.3, 0.4) is 0 Å². The minimum absolute atomic E-state index is 0.0428. The second kappa shape index (κ2) is 6.37. The first-order chi connectivity index (χ1) is 11.7. The fourth-order valence-corrected chi connectivity index (χ4v) is 3.75. The van der Waals surface area contributed by atoms with Gasteiger partial charge in [0.2, 0.25) is 5.91 Å². The Morgan fingerprint density at radius 3 is 2.72 bits per heavy atom. The van der Waals surface area contributed by atoms with Crippen molar-refractivity contribution in [3.8, 4) is 0 Å². The van der Waals surface area contributed by atoms with Crippen LogP contribution in [0.2, 0.25) is 5.02 Å². The number of hydrogen-bond acceptors (Lipinski definition) is 2. The summed E-state index contributed by atoms with van der Waals surface area (Å²) in [6.45, 7) is 7.57. The molecule has 1 N–H and O–H groups in total. The van der Waals surface area contributed by atoms with Gasteiger partial charge in [-0.05, 0) is 17.5 Å². The zero-order chi connectivity index (χ0) is 18.4. The maximum Gasteiger partial charge on any atom is 0.268 e. The summed E-state index contributed by atoms with van der Waals surface area (Å²) in [7, 11) is 1.83. The molecule has 134 valence electrons. The second-order valence-electron chi connectivity index (χ2n) is 7.98. The molecule has 1 aromatic carbocycles. The number of aromatic nitrogens is 1. The maximum atomic E-state index is 12.7. The smallest absolute Gasteiger partial charge is 0.268 e. The van der Waals surface area contributed by atoms with Crippen LogP contribution in [-0.4, -0.2) is 40.4 Å². The van der Waals surface area contributed by atoms with E-state index in [1.54, 1.807) is 4.57 Å². The van der Waals surface area contributed by atoms with Crippen LogP contribution < -0.4 is 5.32 Å². The lowest BCUT2D eigenvalue weighted by molar-refractivity contribution is -0.128. The van der Waals surface area contributed by atoms with E-state index in [1.807, 2.05) is 36.2 Å². The van der Waals surface area contributed by atoms with Gasteiger partial charge in [0, 0.05) is 31.9 Å². The van der Waals surface area contributed by atoms with Crippen molar-refractivity contribution in [2.75, 3.05) is 13.1 Å². The quantitative estimate of drug-likeness (QED) is 0.912. The normalized spacial score (nSPS) is 18.2. The van der Waals surface area contributed by atoms with Gasteiger partial charge in [-0.25, -0.2) is 0 Å². The van der Waals surface area contributed by atoms with Gasteiger partial charge in [0.25, 0.3) is 5.91 Å². The van der Waals surface area contributed by atoms with Gasteiger partial charge in [0.1, 0.15) is 5.69 Å². The molecule has 1 saturated heterocycles. The number of nitrogens with zero attached hydrogens (tertiary/aromatic N) is 2. The number of carbonyl (C=O) groups is 2. The van der Waals surface area contributed by atoms with Crippen LogP contribution in [-0.2, 0) is 11.8 Å². The van der Waals surface area contributed by atoms with Crippen molar-refractivity contribution < 1.29 is 9.59 Å². The molecule has 2 aromatic rings. The van der Waals surface area contributed by atoms with Crippen molar-refractivity contribution in [2.24, 2.45) is 12.5 Å². The first-order valence-corrected chi connectivity index (χ1v) is 8.86. The summed E-state index contributed by atoms with van der Waals surface area (Å²) in [5, 5.41) is 4.54. The predicted octanol–water partition coefficient (Wildman–Crippen LogP) is 3.21. The SMILES string of the molecule is Cn1c(C(=O)N[C@H]2CC(=O)N(CC(C)(C)C)C2)cc2cccc(Cl)c21. The highest BCUT2D eigenvalue weighted by atomic mass is 35.5. The van der Waals surface area contributed by atoms with Crippen LogP contribution in [0.15, 0.2) is 24.3 Å². The number of likely N-dealkylation sites (tertiary alicyclic amines) is 1. The monoisotopic (exact) mass is 361 g/mol. The van der Waals surface area contributed by atoms with Gasteiger partial charge >= 0.3 is 0 Å². The summed E-state index contributed by atoms with van der Waals surface area (Å²) < 4.78 is 1.80. The van der Waals surface area contributed by atoms with Crippen LogP contribution in [0.4, 0.5) is 0 Å². The molecule has 0 unspecified atom stereocenters. The summed E-state index contributed by atoms with van der Waals surface area (Å²) in [6, 6.07) is 7.29. The molecule has 0 aliphatic carbocycles. The lowest BCUT2D eigenvalue weighted by Crippen LogP contribution is -2.39. The first-order valence-electron chi connectivity index (χ1n) is 8.48. The first kappa shape index (κ1) is 17.8. The molecule has 5 nitrogen and oxygen atoms in total. The summed E-state index contributed by atoms with van der Waals surface area (Å²) in [5.41, 5.74) is 1.43. The third-order valence-electron chi connectivity index (χ3n) is 4.45. The topological polar surface area (TPSA) is 54.3 Å². The number of carbonyl (C=O) groups excluding carboxylic acids is 2. The average Bonchev–Trinajstić information content (AvgIpc) is 2.99. The number of benzene rings is 1. The van der Waals surface area contributed by atoms with E-state index in [0.717, 1.165) is 10.9 Å². The molecule has 0 saturated carbocycles. The van der Waals surface area contributed by atoms with Gasteiger partial charge in [-0.2, -0.15) is 0 Å². The molecule has 1 fully saturated rings. The summed E-state index contributed by atoms with van der Waals surface area (Å²) in [6.07, 6.45) is 0.354. The molecule has 6 heteroatoms. The number of fused-ring (bicyclic) bond motifs is 1. The largest absolute Gasteiger partial charge is 0.346 e. The van der Waals surface area contributed by atoms with E-state index < -0.39 is 0 Å². The number of halogens is 1. The zero-order valence-corrected chi connectivity index (χ0v) is 15.9. The van der Waals surface area contributed by atoms with Gasteiger partial charge in [0.15, 0.2) is 0 Å². The standard InChI is InChI=1S/C19H24ClN3O2/c1-19(2,3)11-23-10-13(9-16(23)24)21-18(25)15-8-12-6-5-7-14(20)17(12)22(15)4/h5-8,13H,9-11H2,1-4H3,(H,21,25)/t13-/m0/s1. The van der Waals surface area contributed by atoms with Crippen molar-refractivity contribution in [3.05, 3.63) is 35.0 Å². The molecule has 1 aliphatic heterocycles. The Labute approximate surface area is 152 Å². The third kappa shape index (κ3) is 3.66. The minimum Gasteiger partial charge on any atom is -0.346 e. The lowest BCUT2D eigenvalue weighted by Gasteiger charge is -2.26. The summed E-state index contributed by atoms with van der Waals surface area (Å²) in [4.78, 5) is 26.7. The van der Waals surface area contributed by atoms with E-state index in [4.69, 9.17) is 11.6 Å². The van der Waals surface area contributed by atoms with Crippen LogP contribution in [0, 0.1) is 5.41 Å². The van der Waals surface area contributed by atoms with Crippen LogP contribution in [0.1, 0.15) is 37.7 Å². The minimum atomic E-state index is -0.176. The fourth-order valence-electron chi connectivity index (χ4n) is 3.44. The molecule has 1 atom stereocenters. The zero-order valence-electron chi connectivity index (χ0n) is 15.1. The summed E-state index contributed by atoms with van der Waals surface area (Å²) >= 11 is 6.25. The molecule has 2 amide bonds. The van der Waals surface area contributed by atoms with Crippen LogP contribution in [0.25, 0.3) is 10.9 Å². The van der Waals surface area contributed by atoms with Gasteiger partial charge in [-0.1, -0.05) is 44.5 Å². The Bertz CT molecular complexity index is 835. The van der Waals surface area contributed by atoms with E-state index in [-0.39, 0.29) is 23.3 Å². The van der Waals surface area contributed by atoms with Gasteiger partial charge in [0.05, 0.1) is 16.6 Å². The van der Waals surface area contributed by atoms with Crippen LogP contribution >= 0.6 is 11.6 Å². The highest BCUT2D eigenvalue weighted by Crippen LogP contribution is 2.26. The summed E-state index contributed by atoms with van der Waals surface area (Å²) in [5.74, 6) is -0.0783. The van der Waals surface area contributed by atoms with Crippen molar-refractivity contribution >= 4 is 34.3 Å². The van der Waals surface area contributed by atoms with Crippen molar-refractivity contribution in [1.29, 1.82) is 0 Å². The number of rotatable bonds is 3. The molecular weight excluding hydrogens is 338 g/mol. The molecule has 0 radical (unpaired) electrons. The molecule has 1 aromatic heterocycles. The fraction of sp³-hybridized carbons (Fsp3) is 0.474. The van der Waals surface area contributed by atoms with Crippen LogP contribution in [0.5, 0.6) is 0 Å². The van der Waals surface area contributed by atoms with Gasteiger partial charge in [-0.15, -0.1) is 0 Å². The Balaban J connectivity index is 1.74. The Morgan fingerprint density at radius 1 is 1.36 bits per heavy atom. The predicted molar refractivity (Wildman–Crippen MR) is 99.8 cm³/mol. The third-order valence-corrected chi connectivity index (χ3v) is 4.76. The molecule has 25 heavy (non-hydrogen) atoms. The molecule has 1 aliphatic rings. The maximum absolute atomic E-state index is 12.7. The van der Waals surface area contributed by atoms with E-state index >= 15 is 0 Å². The number of nitrogens with one attached hydrogen (secondary N) is 1. The highest BCUT2D eigenvalue weighted by molar-refractivity contribution is 6.35. The molecule has 0 spiro atoms. The van der Waals surface area contributed by atoms with E-state index in [1.165, 1.54) is 0 Å². The molecular formula is C19H24ClN3O2. The number of aryl methyl sites for hydroxylation is 1. The molecule has 2 heterocycles. The highest BCUT2D eigenvalue weighted by Gasteiger charge is 2.33.